The average molecular weight is 381 g/mol. The van der Waals surface area contributed by atoms with E-state index in [2.05, 4.69) is 62.3 Å². The number of carbonyl (C=O) groups is 1. The summed E-state index contributed by atoms with van der Waals surface area (Å²) in [7, 11) is 0. The van der Waals surface area contributed by atoms with E-state index in [1.165, 1.54) is 22.5 Å². The number of rotatable bonds is 6. The Morgan fingerprint density at radius 1 is 1.19 bits per heavy atom. The van der Waals surface area contributed by atoms with Gasteiger partial charge in [-0.3, -0.25) is 10.1 Å². The highest BCUT2D eigenvalue weighted by Crippen LogP contribution is 2.28. The van der Waals surface area contributed by atoms with E-state index < -0.39 is 0 Å². The van der Waals surface area contributed by atoms with Crippen LogP contribution in [-0.2, 0) is 4.79 Å². The molecule has 5 heteroatoms. The number of hydrogen-bond acceptors (Lipinski definition) is 4. The Hall–Kier alpha value is -2.66. The van der Waals surface area contributed by atoms with Crippen molar-refractivity contribution in [3.05, 3.63) is 64.5 Å². The van der Waals surface area contributed by atoms with Gasteiger partial charge in [0.2, 0.25) is 0 Å². The summed E-state index contributed by atoms with van der Waals surface area (Å²) in [5, 5.41) is 5.36. The first-order valence-electron chi connectivity index (χ1n) is 8.98. The lowest BCUT2D eigenvalue weighted by Crippen LogP contribution is -2.20. The Morgan fingerprint density at radius 3 is 2.78 bits per heavy atom. The van der Waals surface area contributed by atoms with Gasteiger partial charge >= 0.3 is 0 Å². The van der Waals surface area contributed by atoms with Crippen LogP contribution in [0.3, 0.4) is 0 Å². The summed E-state index contributed by atoms with van der Waals surface area (Å²) in [6.45, 7) is 8.33. The Morgan fingerprint density at radius 2 is 2.00 bits per heavy atom. The zero-order chi connectivity index (χ0) is 19.4. The van der Waals surface area contributed by atoms with Crippen molar-refractivity contribution in [2.75, 3.05) is 11.9 Å². The van der Waals surface area contributed by atoms with Gasteiger partial charge in [0.25, 0.3) is 5.91 Å². The van der Waals surface area contributed by atoms with Crippen LogP contribution < -0.4 is 10.1 Å². The minimum absolute atomic E-state index is 0.0417. The molecule has 0 aliphatic carbocycles. The monoisotopic (exact) mass is 380 g/mol. The average Bonchev–Trinajstić information content (AvgIpc) is 3.10. The topological polar surface area (TPSA) is 51.2 Å². The maximum Gasteiger partial charge on any atom is 0.264 e. The van der Waals surface area contributed by atoms with Crippen molar-refractivity contribution in [1.29, 1.82) is 0 Å². The number of ether oxygens (including phenoxy) is 1. The third-order valence-electron chi connectivity index (χ3n) is 4.31. The zero-order valence-electron chi connectivity index (χ0n) is 16.1. The van der Waals surface area contributed by atoms with Crippen LogP contribution in [0.25, 0.3) is 11.3 Å². The minimum Gasteiger partial charge on any atom is -0.484 e. The van der Waals surface area contributed by atoms with E-state index >= 15 is 0 Å². The van der Waals surface area contributed by atoms with Gasteiger partial charge in [0.1, 0.15) is 5.75 Å². The molecule has 3 aromatic rings. The van der Waals surface area contributed by atoms with E-state index in [0.29, 0.717) is 16.8 Å². The molecular weight excluding hydrogens is 356 g/mol. The predicted molar refractivity (Wildman–Crippen MR) is 112 cm³/mol. The molecule has 0 saturated heterocycles. The zero-order valence-corrected chi connectivity index (χ0v) is 16.9. The van der Waals surface area contributed by atoms with Gasteiger partial charge in [0, 0.05) is 10.9 Å². The first-order valence-corrected chi connectivity index (χ1v) is 9.86. The van der Waals surface area contributed by atoms with E-state index in [0.717, 1.165) is 16.8 Å². The fraction of sp³-hybridized carbons (Fsp3) is 0.273. The van der Waals surface area contributed by atoms with Gasteiger partial charge in [-0.15, -0.1) is 11.3 Å². The lowest BCUT2D eigenvalue weighted by atomic mass is 10.0. The number of hydrogen-bond donors (Lipinski definition) is 1. The van der Waals surface area contributed by atoms with Crippen LogP contribution in [0.5, 0.6) is 5.75 Å². The van der Waals surface area contributed by atoms with Crippen LogP contribution in [0.2, 0.25) is 0 Å². The molecule has 0 fully saturated rings. The van der Waals surface area contributed by atoms with Gasteiger partial charge in [-0.05, 0) is 49.1 Å². The Labute approximate surface area is 164 Å². The molecule has 0 atom stereocenters. The molecule has 2 aromatic carbocycles. The fourth-order valence-corrected chi connectivity index (χ4v) is 3.46. The SMILES string of the molecule is Cc1ccc(C)c(-c2csc(NC(=O)COc3cccc(C(C)C)c3)n2)c1. The van der Waals surface area contributed by atoms with E-state index in [-0.39, 0.29) is 12.5 Å². The van der Waals surface area contributed by atoms with Crippen LogP contribution in [0.15, 0.2) is 47.8 Å². The largest absolute Gasteiger partial charge is 0.484 e. The lowest BCUT2D eigenvalue weighted by molar-refractivity contribution is -0.118. The van der Waals surface area contributed by atoms with Gasteiger partial charge in [-0.1, -0.05) is 43.7 Å². The summed E-state index contributed by atoms with van der Waals surface area (Å²) >= 11 is 1.42. The van der Waals surface area contributed by atoms with Crippen molar-refractivity contribution in [1.82, 2.24) is 4.98 Å². The minimum atomic E-state index is -0.216. The maximum atomic E-state index is 12.2. The highest BCUT2D eigenvalue weighted by Gasteiger charge is 2.11. The molecule has 0 spiro atoms. The Kier molecular flexibility index (Phi) is 5.91. The van der Waals surface area contributed by atoms with Gasteiger partial charge in [-0.25, -0.2) is 4.98 Å². The molecule has 27 heavy (non-hydrogen) atoms. The van der Waals surface area contributed by atoms with Gasteiger partial charge in [0.15, 0.2) is 11.7 Å². The van der Waals surface area contributed by atoms with Gasteiger partial charge < -0.3 is 4.74 Å². The molecule has 4 nitrogen and oxygen atoms in total. The predicted octanol–water partition coefficient (Wildman–Crippen LogP) is 5.57. The lowest BCUT2D eigenvalue weighted by Gasteiger charge is -2.09. The summed E-state index contributed by atoms with van der Waals surface area (Å²) in [6.07, 6.45) is 0. The van der Waals surface area contributed by atoms with Crippen LogP contribution in [0.4, 0.5) is 5.13 Å². The number of aromatic nitrogens is 1. The van der Waals surface area contributed by atoms with E-state index in [9.17, 15) is 4.79 Å². The van der Waals surface area contributed by atoms with Gasteiger partial charge in [-0.2, -0.15) is 0 Å². The van der Waals surface area contributed by atoms with Crippen LogP contribution in [-0.4, -0.2) is 17.5 Å². The summed E-state index contributed by atoms with van der Waals surface area (Å²) in [6, 6.07) is 14.1. The molecule has 3 rings (SSSR count). The van der Waals surface area contributed by atoms with Crippen molar-refractivity contribution in [3.63, 3.8) is 0 Å². The van der Waals surface area contributed by atoms with E-state index in [4.69, 9.17) is 4.74 Å². The highest BCUT2D eigenvalue weighted by molar-refractivity contribution is 7.14. The second-order valence-electron chi connectivity index (χ2n) is 6.92. The molecule has 1 amide bonds. The molecule has 0 bridgehead atoms. The van der Waals surface area contributed by atoms with Crippen molar-refractivity contribution < 1.29 is 9.53 Å². The first kappa shape index (κ1) is 19.1. The van der Waals surface area contributed by atoms with E-state index in [1.54, 1.807) is 0 Å². The van der Waals surface area contributed by atoms with Crippen LogP contribution >= 0.6 is 11.3 Å². The molecule has 1 heterocycles. The summed E-state index contributed by atoms with van der Waals surface area (Å²) < 4.78 is 5.62. The Bertz CT molecular complexity index is 947. The molecule has 0 radical (unpaired) electrons. The molecular formula is C22H24N2O2S. The third kappa shape index (κ3) is 4.95. The maximum absolute atomic E-state index is 12.2. The van der Waals surface area contributed by atoms with Crippen molar-refractivity contribution >= 4 is 22.4 Å². The van der Waals surface area contributed by atoms with Crippen LogP contribution in [0.1, 0.15) is 36.5 Å². The molecule has 140 valence electrons. The molecule has 1 aromatic heterocycles. The molecule has 0 aliphatic heterocycles. The standard InChI is InChI=1S/C22H24N2O2S/c1-14(2)17-6-5-7-18(11-17)26-12-21(25)24-22-23-20(13-27-22)19-10-15(3)8-9-16(19)4/h5-11,13-14H,12H2,1-4H3,(H,23,24,25). The van der Waals surface area contributed by atoms with Crippen LogP contribution in [0, 0.1) is 13.8 Å². The number of aryl methyl sites for hydroxylation is 2. The fourth-order valence-electron chi connectivity index (χ4n) is 2.73. The molecule has 1 N–H and O–H groups in total. The number of carbonyl (C=O) groups excluding carboxylic acids is 1. The number of nitrogens with one attached hydrogen (secondary N) is 1. The van der Waals surface area contributed by atoms with Gasteiger partial charge in [0.05, 0.1) is 5.69 Å². The number of amides is 1. The van der Waals surface area contributed by atoms with Crippen molar-refractivity contribution in [3.8, 4) is 17.0 Å². The van der Waals surface area contributed by atoms with Crippen molar-refractivity contribution in [2.45, 2.75) is 33.6 Å². The summed E-state index contributed by atoms with van der Waals surface area (Å²) in [5.74, 6) is 0.902. The summed E-state index contributed by atoms with van der Waals surface area (Å²) in [5.41, 5.74) is 5.50. The van der Waals surface area contributed by atoms with Crippen molar-refractivity contribution in [2.24, 2.45) is 0 Å². The third-order valence-corrected chi connectivity index (χ3v) is 5.07. The summed E-state index contributed by atoms with van der Waals surface area (Å²) in [4.78, 5) is 16.7. The second-order valence-corrected chi connectivity index (χ2v) is 7.78. The van der Waals surface area contributed by atoms with E-state index in [1.807, 2.05) is 23.6 Å². The first-order chi connectivity index (χ1) is 12.9. The quantitative estimate of drug-likeness (QED) is 0.608. The number of nitrogens with zero attached hydrogens (tertiary/aromatic N) is 1. The Balaban J connectivity index is 1.61. The highest BCUT2D eigenvalue weighted by atomic mass is 32.1. The smallest absolute Gasteiger partial charge is 0.264 e. The molecule has 0 aliphatic rings. The second kappa shape index (κ2) is 8.35. The molecule has 0 unspecified atom stereocenters. The number of thiazole rings is 1. The number of anilines is 1. The molecule has 0 saturated carbocycles. The number of benzene rings is 2. The normalized spacial score (nSPS) is 10.9.